The number of unbranched alkanes of at least 4 members (excludes halogenated alkanes) is 14. The van der Waals surface area contributed by atoms with Crippen molar-refractivity contribution in [1.82, 2.24) is 5.32 Å². The lowest BCUT2D eigenvalue weighted by atomic mass is 10.1. The van der Waals surface area contributed by atoms with Crippen molar-refractivity contribution < 1.29 is 0 Å². The van der Waals surface area contributed by atoms with Gasteiger partial charge in [0.2, 0.25) is 0 Å². The van der Waals surface area contributed by atoms with Crippen molar-refractivity contribution in [3.8, 4) is 0 Å². The van der Waals surface area contributed by atoms with Crippen LogP contribution in [0.15, 0.2) is 12.2 Å². The van der Waals surface area contributed by atoms with Gasteiger partial charge in [-0.3, -0.25) is 0 Å². The highest BCUT2D eigenvalue weighted by Gasteiger charge is 1.92. The van der Waals surface area contributed by atoms with Crippen LogP contribution < -0.4 is 5.32 Å². The number of hydrogen-bond acceptors (Lipinski definition) is 1. The van der Waals surface area contributed by atoms with Gasteiger partial charge in [-0.25, -0.2) is 0 Å². The molecule has 0 spiro atoms. The predicted octanol–water partition coefficient (Wildman–Crippen LogP) is 7.80. The van der Waals surface area contributed by atoms with Crippen LogP contribution in [0.25, 0.3) is 0 Å². The van der Waals surface area contributed by atoms with Gasteiger partial charge in [0.15, 0.2) is 0 Å². The largest absolute Gasteiger partial charge is 0.317 e. The van der Waals surface area contributed by atoms with E-state index in [2.05, 4.69) is 31.3 Å². The molecule has 0 aliphatic carbocycles. The maximum Gasteiger partial charge on any atom is -0.00489 e. The van der Waals surface area contributed by atoms with E-state index in [1.54, 1.807) is 0 Å². The van der Waals surface area contributed by atoms with Gasteiger partial charge < -0.3 is 5.32 Å². The quantitative estimate of drug-likeness (QED) is 0.176. The van der Waals surface area contributed by atoms with Crippen molar-refractivity contribution in [3.63, 3.8) is 0 Å². The normalized spacial score (nSPS) is 11.6. The molecule has 0 saturated heterocycles. The van der Waals surface area contributed by atoms with Gasteiger partial charge in [0.25, 0.3) is 0 Å². The molecule has 0 aromatic heterocycles. The van der Waals surface area contributed by atoms with Gasteiger partial charge in [-0.1, -0.05) is 96.6 Å². The minimum absolute atomic E-state index is 1.19. The van der Waals surface area contributed by atoms with Crippen LogP contribution in [0.3, 0.4) is 0 Å². The lowest BCUT2D eigenvalue weighted by molar-refractivity contribution is 0.551. The van der Waals surface area contributed by atoms with E-state index in [4.69, 9.17) is 0 Å². The van der Waals surface area contributed by atoms with E-state index in [9.17, 15) is 0 Å². The molecule has 0 aromatic carbocycles. The Hall–Kier alpha value is -0.300. The fraction of sp³-hybridized carbons (Fsp3) is 0.913. The lowest BCUT2D eigenvalue weighted by Crippen LogP contribution is -2.15. The predicted molar refractivity (Wildman–Crippen MR) is 112 cm³/mol. The van der Waals surface area contributed by atoms with Gasteiger partial charge in [0, 0.05) is 0 Å². The fourth-order valence-corrected chi connectivity index (χ4v) is 3.15. The van der Waals surface area contributed by atoms with E-state index < -0.39 is 0 Å². The Morgan fingerprint density at radius 3 is 1.42 bits per heavy atom. The molecular weight excluding hydrogens is 290 g/mol. The van der Waals surface area contributed by atoms with Crippen molar-refractivity contribution in [2.24, 2.45) is 0 Å². The Kier molecular flexibility index (Phi) is 22.4. The highest BCUT2D eigenvalue weighted by Crippen LogP contribution is 2.11. The molecule has 0 heterocycles. The average molecular weight is 338 g/mol. The molecule has 0 saturated carbocycles. The molecule has 0 unspecified atom stereocenters. The van der Waals surface area contributed by atoms with Crippen LogP contribution in [0.1, 0.15) is 123 Å². The Bertz CT molecular complexity index is 234. The van der Waals surface area contributed by atoms with Gasteiger partial charge in [-0.05, 0) is 51.6 Å². The summed E-state index contributed by atoms with van der Waals surface area (Å²) >= 11 is 0. The summed E-state index contributed by atoms with van der Waals surface area (Å²) in [7, 11) is 0. The van der Waals surface area contributed by atoms with Gasteiger partial charge in [0.1, 0.15) is 0 Å². The Balaban J connectivity index is 3.03. The van der Waals surface area contributed by atoms with E-state index in [-0.39, 0.29) is 0 Å². The zero-order valence-corrected chi connectivity index (χ0v) is 17.1. The first-order chi connectivity index (χ1) is 11.9. The van der Waals surface area contributed by atoms with Gasteiger partial charge in [-0.15, -0.1) is 0 Å². The SMILES string of the molecule is CCCCCCCC/C=C\CCCCCCCCCCNCCC. The third kappa shape index (κ3) is 21.7. The van der Waals surface area contributed by atoms with Crippen LogP contribution in [0.4, 0.5) is 0 Å². The van der Waals surface area contributed by atoms with Gasteiger partial charge in [-0.2, -0.15) is 0 Å². The van der Waals surface area contributed by atoms with E-state index in [0.717, 1.165) is 0 Å². The van der Waals surface area contributed by atoms with Crippen molar-refractivity contribution in [3.05, 3.63) is 12.2 Å². The minimum atomic E-state index is 1.19. The molecule has 0 aliphatic rings. The third-order valence-corrected chi connectivity index (χ3v) is 4.79. The second-order valence-corrected chi connectivity index (χ2v) is 7.39. The zero-order chi connectivity index (χ0) is 17.6. The molecule has 0 radical (unpaired) electrons. The molecule has 0 amide bonds. The minimum Gasteiger partial charge on any atom is -0.317 e. The molecule has 0 bridgehead atoms. The van der Waals surface area contributed by atoms with E-state index >= 15 is 0 Å². The summed E-state index contributed by atoms with van der Waals surface area (Å²) in [5, 5.41) is 3.48. The highest BCUT2D eigenvalue weighted by molar-refractivity contribution is 4.81. The Morgan fingerprint density at radius 1 is 0.458 bits per heavy atom. The molecule has 0 rings (SSSR count). The average Bonchev–Trinajstić information content (AvgIpc) is 2.60. The molecule has 0 aliphatic heterocycles. The summed E-state index contributed by atoms with van der Waals surface area (Å²) in [5.41, 5.74) is 0. The molecule has 0 aromatic rings. The number of nitrogens with one attached hydrogen (secondary N) is 1. The van der Waals surface area contributed by atoms with Gasteiger partial charge in [0.05, 0.1) is 0 Å². The summed E-state index contributed by atoms with van der Waals surface area (Å²) in [6.45, 7) is 6.93. The molecule has 0 fully saturated rings. The molecule has 1 N–H and O–H groups in total. The first-order valence-corrected chi connectivity index (χ1v) is 11.3. The lowest BCUT2D eigenvalue weighted by Gasteiger charge is -2.03. The van der Waals surface area contributed by atoms with Crippen molar-refractivity contribution >= 4 is 0 Å². The molecule has 1 heteroatoms. The van der Waals surface area contributed by atoms with Crippen LogP contribution in [-0.2, 0) is 0 Å². The Labute approximate surface area is 154 Å². The van der Waals surface area contributed by atoms with Crippen molar-refractivity contribution in [2.45, 2.75) is 123 Å². The highest BCUT2D eigenvalue weighted by atomic mass is 14.8. The summed E-state index contributed by atoms with van der Waals surface area (Å²) in [4.78, 5) is 0. The molecule has 24 heavy (non-hydrogen) atoms. The van der Waals surface area contributed by atoms with Crippen LogP contribution in [0.5, 0.6) is 0 Å². The zero-order valence-electron chi connectivity index (χ0n) is 17.1. The van der Waals surface area contributed by atoms with Crippen LogP contribution in [0.2, 0.25) is 0 Å². The monoisotopic (exact) mass is 337 g/mol. The summed E-state index contributed by atoms with van der Waals surface area (Å²) in [5.74, 6) is 0. The first-order valence-electron chi connectivity index (χ1n) is 11.3. The number of allylic oxidation sites excluding steroid dienone is 2. The molecule has 0 atom stereocenters. The fourth-order valence-electron chi connectivity index (χ4n) is 3.15. The van der Waals surface area contributed by atoms with Crippen molar-refractivity contribution in [1.29, 1.82) is 0 Å². The third-order valence-electron chi connectivity index (χ3n) is 4.79. The maximum atomic E-state index is 3.48. The van der Waals surface area contributed by atoms with E-state index in [1.807, 2.05) is 0 Å². The maximum absolute atomic E-state index is 3.48. The van der Waals surface area contributed by atoms with Gasteiger partial charge >= 0.3 is 0 Å². The second kappa shape index (κ2) is 22.7. The summed E-state index contributed by atoms with van der Waals surface area (Å²) < 4.78 is 0. The second-order valence-electron chi connectivity index (χ2n) is 7.39. The Morgan fingerprint density at radius 2 is 0.917 bits per heavy atom. The molecular formula is C23H47N. The number of rotatable bonds is 20. The van der Waals surface area contributed by atoms with Crippen LogP contribution in [0, 0.1) is 0 Å². The molecule has 1 nitrogen and oxygen atoms in total. The topological polar surface area (TPSA) is 12.0 Å². The smallest absolute Gasteiger partial charge is 0.00489 e. The summed E-state index contributed by atoms with van der Waals surface area (Å²) in [6.07, 6.45) is 28.6. The summed E-state index contributed by atoms with van der Waals surface area (Å²) in [6, 6.07) is 0. The standard InChI is InChI=1S/C23H47N/c1-3-5-6-7-8-9-10-11-12-13-14-15-16-17-18-19-20-21-23-24-22-4-2/h11-12,24H,3-10,13-23H2,1-2H3/b12-11-. The van der Waals surface area contributed by atoms with E-state index in [0.29, 0.717) is 0 Å². The number of hydrogen-bond donors (Lipinski definition) is 1. The van der Waals surface area contributed by atoms with E-state index in [1.165, 1.54) is 122 Å². The molecule has 144 valence electrons. The first kappa shape index (κ1) is 23.7. The van der Waals surface area contributed by atoms with Crippen LogP contribution >= 0.6 is 0 Å². The van der Waals surface area contributed by atoms with Crippen LogP contribution in [-0.4, -0.2) is 13.1 Å². The van der Waals surface area contributed by atoms with Crippen molar-refractivity contribution in [2.75, 3.05) is 13.1 Å².